The lowest BCUT2D eigenvalue weighted by atomic mass is 9.86. The van der Waals surface area contributed by atoms with Gasteiger partial charge in [0.2, 0.25) is 0 Å². The van der Waals surface area contributed by atoms with E-state index in [2.05, 4.69) is 11.9 Å². The largest absolute Gasteiger partial charge is 0.481 e. The molecule has 3 atom stereocenters. The number of nitrogens with one attached hydrogen (secondary N) is 1. The number of hydrogen-bond acceptors (Lipinski definition) is 6. The number of carboxylic acid groups (broad SMARTS) is 2. The Balaban J connectivity index is 0.00000408. The summed E-state index contributed by atoms with van der Waals surface area (Å²) in [5.41, 5.74) is 0.0171. The average Bonchev–Trinajstić information content (AvgIpc) is 3.19. The standard InChI is InChI=1S/C23H27N3O7.ClH/c1-5-14(20(28)29)18-15(17(21(30)31)13-9-7-6-8-10-13)11-25-12-16(19(27)26(18)25)24-22(32)33-23(2,3)4;/h5-10,14,16-17H,1,11-12H2,2-4H3,(H,24,32)(H,28,29)(H,30,31);1H/t14?,16-,17?;/m0./s1. The van der Waals surface area contributed by atoms with Crippen LogP contribution < -0.4 is 5.32 Å². The number of rotatable bonds is 7. The first-order valence-electron chi connectivity index (χ1n) is 10.4. The Kier molecular flexibility index (Phi) is 8.12. The molecular weight excluding hydrogens is 466 g/mol. The topological polar surface area (TPSA) is 136 Å². The van der Waals surface area contributed by atoms with Gasteiger partial charge >= 0.3 is 18.0 Å². The van der Waals surface area contributed by atoms with Crippen molar-refractivity contribution in [2.24, 2.45) is 5.92 Å². The summed E-state index contributed by atoms with van der Waals surface area (Å²) in [6, 6.07) is 7.43. The van der Waals surface area contributed by atoms with Gasteiger partial charge in [-0.2, -0.15) is 0 Å². The normalized spacial score (nSPS) is 19.7. The quantitative estimate of drug-likeness (QED) is 0.492. The molecule has 0 radical (unpaired) electrons. The van der Waals surface area contributed by atoms with Crippen LogP contribution in [0.5, 0.6) is 0 Å². The number of carboxylic acids is 2. The number of carbonyl (C=O) groups excluding carboxylic acids is 2. The van der Waals surface area contributed by atoms with Gasteiger partial charge in [0.05, 0.1) is 5.70 Å². The van der Waals surface area contributed by atoms with Gasteiger partial charge in [0.1, 0.15) is 23.5 Å². The van der Waals surface area contributed by atoms with Crippen molar-refractivity contribution >= 4 is 36.3 Å². The maximum atomic E-state index is 13.2. The molecule has 0 aromatic heterocycles. The third-order valence-corrected chi connectivity index (χ3v) is 5.31. The molecule has 1 saturated heterocycles. The molecule has 0 aliphatic carbocycles. The molecule has 1 fully saturated rings. The molecule has 34 heavy (non-hydrogen) atoms. The number of amides is 2. The molecule has 10 nitrogen and oxygen atoms in total. The molecule has 11 heteroatoms. The van der Waals surface area contributed by atoms with E-state index in [9.17, 15) is 29.4 Å². The van der Waals surface area contributed by atoms with E-state index in [1.807, 2.05) is 0 Å². The molecule has 2 heterocycles. The fraction of sp³-hybridized carbons (Fsp3) is 0.391. The summed E-state index contributed by atoms with van der Waals surface area (Å²) < 4.78 is 5.21. The van der Waals surface area contributed by atoms with E-state index < -0.39 is 47.4 Å². The molecule has 2 aliphatic heterocycles. The highest BCUT2D eigenvalue weighted by Gasteiger charge is 2.50. The molecule has 3 rings (SSSR count). The predicted molar refractivity (Wildman–Crippen MR) is 124 cm³/mol. The highest BCUT2D eigenvalue weighted by Crippen LogP contribution is 2.41. The Bertz CT molecular complexity index is 1020. The van der Waals surface area contributed by atoms with Gasteiger partial charge < -0.3 is 20.3 Å². The SMILES string of the molecule is C=CC(C(=O)O)C1=C(C(C(=O)O)c2ccccc2)CN2C[C@H](NC(=O)OC(C)(C)C)C(=O)N12.Cl. The van der Waals surface area contributed by atoms with Crippen LogP contribution >= 0.6 is 12.4 Å². The number of hydrogen-bond donors (Lipinski definition) is 3. The average molecular weight is 494 g/mol. The van der Waals surface area contributed by atoms with E-state index in [-0.39, 0.29) is 36.8 Å². The monoisotopic (exact) mass is 493 g/mol. The summed E-state index contributed by atoms with van der Waals surface area (Å²) in [5, 5.41) is 25.0. The first kappa shape index (κ1) is 26.9. The number of carbonyl (C=O) groups is 4. The molecule has 0 saturated carbocycles. The zero-order valence-corrected chi connectivity index (χ0v) is 19.9. The van der Waals surface area contributed by atoms with Crippen LogP contribution in [0.4, 0.5) is 4.79 Å². The van der Waals surface area contributed by atoms with Crippen LogP contribution in [0.2, 0.25) is 0 Å². The van der Waals surface area contributed by atoms with Crippen LogP contribution in [0.3, 0.4) is 0 Å². The van der Waals surface area contributed by atoms with Gasteiger partial charge in [0, 0.05) is 13.1 Å². The highest BCUT2D eigenvalue weighted by molar-refractivity contribution is 5.92. The number of benzene rings is 1. The third-order valence-electron chi connectivity index (χ3n) is 5.31. The number of fused-ring (bicyclic) bond motifs is 1. The number of halogens is 1. The molecule has 0 spiro atoms. The Morgan fingerprint density at radius 2 is 1.79 bits per heavy atom. The minimum atomic E-state index is -1.32. The van der Waals surface area contributed by atoms with Crippen LogP contribution in [-0.4, -0.2) is 68.9 Å². The van der Waals surface area contributed by atoms with E-state index in [1.165, 1.54) is 5.01 Å². The summed E-state index contributed by atoms with van der Waals surface area (Å²) in [6.07, 6.45) is 0.382. The van der Waals surface area contributed by atoms with E-state index in [4.69, 9.17) is 4.74 Å². The van der Waals surface area contributed by atoms with Crippen LogP contribution in [-0.2, 0) is 19.1 Å². The number of alkyl carbamates (subject to hydrolysis) is 1. The zero-order valence-electron chi connectivity index (χ0n) is 19.1. The highest BCUT2D eigenvalue weighted by atomic mass is 35.5. The Hall–Kier alpha value is -3.37. The van der Waals surface area contributed by atoms with Crippen molar-refractivity contribution in [3.05, 3.63) is 59.8 Å². The van der Waals surface area contributed by atoms with Gasteiger partial charge in [0.25, 0.3) is 5.91 Å². The van der Waals surface area contributed by atoms with Gasteiger partial charge in [-0.1, -0.05) is 36.4 Å². The Morgan fingerprint density at radius 1 is 1.18 bits per heavy atom. The smallest absolute Gasteiger partial charge is 0.408 e. The molecule has 2 amide bonds. The summed E-state index contributed by atoms with van der Waals surface area (Å²) in [7, 11) is 0. The van der Waals surface area contributed by atoms with Crippen molar-refractivity contribution in [2.75, 3.05) is 13.1 Å². The van der Waals surface area contributed by atoms with Crippen molar-refractivity contribution in [1.29, 1.82) is 0 Å². The minimum Gasteiger partial charge on any atom is -0.481 e. The molecule has 2 unspecified atom stereocenters. The first-order valence-corrected chi connectivity index (χ1v) is 10.4. The second-order valence-corrected chi connectivity index (χ2v) is 8.84. The molecule has 184 valence electrons. The van der Waals surface area contributed by atoms with Gasteiger partial charge in [-0.3, -0.25) is 14.4 Å². The van der Waals surface area contributed by atoms with Crippen molar-refractivity contribution in [1.82, 2.24) is 15.3 Å². The maximum Gasteiger partial charge on any atom is 0.408 e. The molecule has 1 aromatic carbocycles. The van der Waals surface area contributed by atoms with Gasteiger partial charge in [-0.25, -0.2) is 14.8 Å². The summed E-state index contributed by atoms with van der Waals surface area (Å²) in [6.45, 7) is 8.69. The van der Waals surface area contributed by atoms with Gasteiger partial charge in [-0.05, 0) is 31.9 Å². The second kappa shape index (κ2) is 10.3. The minimum absolute atomic E-state index is 0. The molecule has 3 N–H and O–H groups in total. The zero-order chi connectivity index (χ0) is 24.5. The molecule has 1 aromatic rings. The second-order valence-electron chi connectivity index (χ2n) is 8.84. The lowest BCUT2D eigenvalue weighted by Gasteiger charge is -2.25. The van der Waals surface area contributed by atoms with Crippen LogP contribution in [0, 0.1) is 5.92 Å². The fourth-order valence-electron chi connectivity index (χ4n) is 4.07. The van der Waals surface area contributed by atoms with E-state index in [1.54, 1.807) is 51.1 Å². The van der Waals surface area contributed by atoms with Crippen molar-refractivity contribution < 1.29 is 34.1 Å². The first-order chi connectivity index (χ1) is 15.4. The number of hydrazine groups is 1. The summed E-state index contributed by atoms with van der Waals surface area (Å²) >= 11 is 0. The Labute approximate surface area is 203 Å². The van der Waals surface area contributed by atoms with Crippen molar-refractivity contribution in [2.45, 2.75) is 38.3 Å². The van der Waals surface area contributed by atoms with E-state index in [0.29, 0.717) is 5.56 Å². The fourth-order valence-corrected chi connectivity index (χ4v) is 4.07. The van der Waals surface area contributed by atoms with Crippen molar-refractivity contribution in [3.63, 3.8) is 0 Å². The van der Waals surface area contributed by atoms with Crippen LogP contribution in [0.1, 0.15) is 32.3 Å². The van der Waals surface area contributed by atoms with Crippen molar-refractivity contribution in [3.8, 4) is 0 Å². The molecular formula is C23H28ClN3O7. The number of ether oxygens (including phenoxy) is 1. The maximum absolute atomic E-state index is 13.2. The van der Waals surface area contributed by atoms with Crippen LogP contribution in [0.15, 0.2) is 54.3 Å². The molecule has 0 bridgehead atoms. The van der Waals surface area contributed by atoms with E-state index >= 15 is 0 Å². The number of aliphatic carboxylic acids is 2. The third kappa shape index (κ3) is 5.40. The number of nitrogens with zero attached hydrogens (tertiary/aromatic N) is 2. The van der Waals surface area contributed by atoms with Gasteiger partial charge in [0.15, 0.2) is 0 Å². The molecule has 2 aliphatic rings. The van der Waals surface area contributed by atoms with E-state index in [0.717, 1.165) is 11.1 Å². The van der Waals surface area contributed by atoms with Crippen LogP contribution in [0.25, 0.3) is 0 Å². The lowest BCUT2D eigenvalue weighted by Crippen LogP contribution is -2.45. The van der Waals surface area contributed by atoms with Gasteiger partial charge in [-0.15, -0.1) is 19.0 Å². The summed E-state index contributed by atoms with van der Waals surface area (Å²) in [4.78, 5) is 49.7. The Morgan fingerprint density at radius 3 is 2.29 bits per heavy atom. The predicted octanol–water partition coefficient (Wildman–Crippen LogP) is 2.38. The summed E-state index contributed by atoms with van der Waals surface area (Å²) in [5.74, 6) is -5.48. The lowest BCUT2D eigenvalue weighted by molar-refractivity contribution is -0.142.